The maximum atomic E-state index is 12.9. The van der Waals surface area contributed by atoms with Crippen molar-refractivity contribution >= 4 is 39.3 Å². The van der Waals surface area contributed by atoms with E-state index in [1.165, 1.54) is 23.9 Å². The summed E-state index contributed by atoms with van der Waals surface area (Å²) in [5.74, 6) is 0.364. The minimum Gasteiger partial charge on any atom is -0.357 e. The predicted molar refractivity (Wildman–Crippen MR) is 77.5 cm³/mol. The molecular weight excluding hydrogens is 281 g/mol. The van der Waals surface area contributed by atoms with Gasteiger partial charge in [0.1, 0.15) is 15.7 Å². The molecule has 0 atom stereocenters. The van der Waals surface area contributed by atoms with Crippen molar-refractivity contribution in [2.45, 2.75) is 9.92 Å². The number of rotatable bonds is 3. The SMILES string of the molecule is CNc1nc(Sc2ccc(F)cc2)c2ccsc2n1. The monoisotopic (exact) mass is 291 g/mol. The van der Waals surface area contributed by atoms with Gasteiger partial charge >= 0.3 is 0 Å². The molecule has 0 aliphatic carbocycles. The van der Waals surface area contributed by atoms with E-state index in [0.29, 0.717) is 5.95 Å². The Morgan fingerprint density at radius 1 is 1.16 bits per heavy atom. The van der Waals surface area contributed by atoms with Gasteiger partial charge in [0.05, 0.1) is 0 Å². The van der Waals surface area contributed by atoms with Crippen LogP contribution in [0.4, 0.5) is 10.3 Å². The minimum atomic E-state index is -0.233. The van der Waals surface area contributed by atoms with Crippen LogP contribution in [0, 0.1) is 5.82 Å². The fourth-order valence-corrected chi connectivity index (χ4v) is 3.36. The lowest BCUT2D eigenvalue weighted by Gasteiger charge is -2.05. The maximum absolute atomic E-state index is 12.9. The van der Waals surface area contributed by atoms with Crippen molar-refractivity contribution < 1.29 is 4.39 Å². The lowest BCUT2D eigenvalue weighted by molar-refractivity contribution is 0.626. The summed E-state index contributed by atoms with van der Waals surface area (Å²) in [4.78, 5) is 10.8. The highest BCUT2D eigenvalue weighted by molar-refractivity contribution is 7.99. The second kappa shape index (κ2) is 5.14. The fourth-order valence-electron chi connectivity index (χ4n) is 1.63. The zero-order valence-electron chi connectivity index (χ0n) is 10.1. The van der Waals surface area contributed by atoms with Crippen LogP contribution in [-0.2, 0) is 0 Å². The summed E-state index contributed by atoms with van der Waals surface area (Å²) in [5, 5.41) is 6.85. The van der Waals surface area contributed by atoms with E-state index in [4.69, 9.17) is 0 Å². The van der Waals surface area contributed by atoms with Gasteiger partial charge in [-0.2, -0.15) is 0 Å². The summed E-state index contributed by atoms with van der Waals surface area (Å²) in [6, 6.07) is 8.41. The Morgan fingerprint density at radius 3 is 2.68 bits per heavy atom. The lowest BCUT2D eigenvalue weighted by Crippen LogP contribution is -1.96. The van der Waals surface area contributed by atoms with Crippen LogP contribution < -0.4 is 5.32 Å². The number of anilines is 1. The highest BCUT2D eigenvalue weighted by Crippen LogP contribution is 2.34. The van der Waals surface area contributed by atoms with Gasteiger partial charge in [-0.3, -0.25) is 0 Å². The van der Waals surface area contributed by atoms with Crippen LogP contribution in [0.5, 0.6) is 0 Å². The van der Waals surface area contributed by atoms with E-state index in [1.807, 2.05) is 11.4 Å². The molecule has 6 heteroatoms. The summed E-state index contributed by atoms with van der Waals surface area (Å²) in [6.45, 7) is 0. The van der Waals surface area contributed by atoms with Crippen molar-refractivity contribution in [3.8, 4) is 0 Å². The molecule has 3 nitrogen and oxygen atoms in total. The molecule has 0 saturated carbocycles. The maximum Gasteiger partial charge on any atom is 0.224 e. The van der Waals surface area contributed by atoms with Crippen LogP contribution in [0.1, 0.15) is 0 Å². The standard InChI is InChI=1S/C13H10FN3S2/c1-15-13-16-11-10(6-7-18-11)12(17-13)19-9-4-2-8(14)3-5-9/h2-7H,1H3,(H,15,16,17). The van der Waals surface area contributed by atoms with E-state index in [2.05, 4.69) is 15.3 Å². The normalized spacial score (nSPS) is 10.8. The molecule has 0 fully saturated rings. The molecule has 19 heavy (non-hydrogen) atoms. The van der Waals surface area contributed by atoms with Crippen LogP contribution >= 0.6 is 23.1 Å². The Kier molecular flexibility index (Phi) is 3.35. The zero-order chi connectivity index (χ0) is 13.2. The molecule has 3 rings (SSSR count). The highest BCUT2D eigenvalue weighted by atomic mass is 32.2. The largest absolute Gasteiger partial charge is 0.357 e. The van der Waals surface area contributed by atoms with Gasteiger partial charge in [0.25, 0.3) is 0 Å². The number of benzene rings is 1. The molecule has 0 spiro atoms. The quantitative estimate of drug-likeness (QED) is 0.740. The Labute approximate surface area is 117 Å². The number of fused-ring (bicyclic) bond motifs is 1. The van der Waals surface area contributed by atoms with Crippen molar-refractivity contribution in [1.82, 2.24) is 9.97 Å². The molecule has 0 aliphatic heterocycles. The molecule has 2 heterocycles. The molecule has 0 aliphatic rings. The summed E-state index contributed by atoms with van der Waals surface area (Å²) in [5.41, 5.74) is 0. The number of halogens is 1. The van der Waals surface area contributed by atoms with Gasteiger partial charge in [-0.1, -0.05) is 11.8 Å². The van der Waals surface area contributed by atoms with Gasteiger partial charge in [-0.05, 0) is 35.7 Å². The fraction of sp³-hybridized carbons (Fsp3) is 0.0769. The second-order valence-electron chi connectivity index (χ2n) is 3.80. The number of nitrogens with one attached hydrogen (secondary N) is 1. The van der Waals surface area contributed by atoms with Crippen molar-refractivity contribution in [1.29, 1.82) is 0 Å². The lowest BCUT2D eigenvalue weighted by atomic mass is 10.4. The molecule has 1 N–H and O–H groups in total. The molecule has 0 saturated heterocycles. The number of hydrogen-bond acceptors (Lipinski definition) is 5. The van der Waals surface area contributed by atoms with Gasteiger partial charge in [0.15, 0.2) is 0 Å². The molecule has 0 radical (unpaired) electrons. The van der Waals surface area contributed by atoms with E-state index in [9.17, 15) is 4.39 Å². The molecule has 0 unspecified atom stereocenters. The molecule has 3 aromatic rings. The van der Waals surface area contributed by atoms with E-state index >= 15 is 0 Å². The molecule has 0 amide bonds. The Bertz CT molecular complexity index is 709. The number of aromatic nitrogens is 2. The third-order valence-corrected chi connectivity index (χ3v) is 4.36. The predicted octanol–water partition coefficient (Wildman–Crippen LogP) is 4.02. The van der Waals surface area contributed by atoms with E-state index in [-0.39, 0.29) is 5.82 Å². The summed E-state index contributed by atoms with van der Waals surface area (Å²) in [6.07, 6.45) is 0. The first kappa shape index (κ1) is 12.4. The van der Waals surface area contributed by atoms with Crippen LogP contribution in [0.3, 0.4) is 0 Å². The van der Waals surface area contributed by atoms with Crippen LogP contribution in [0.15, 0.2) is 45.6 Å². The number of nitrogens with zero attached hydrogens (tertiary/aromatic N) is 2. The molecule has 1 aromatic carbocycles. The van der Waals surface area contributed by atoms with E-state index in [1.54, 1.807) is 30.5 Å². The minimum absolute atomic E-state index is 0.233. The summed E-state index contributed by atoms with van der Waals surface area (Å²) >= 11 is 3.09. The Hall–Kier alpha value is -1.66. The van der Waals surface area contributed by atoms with Crippen molar-refractivity contribution in [3.05, 3.63) is 41.5 Å². The summed E-state index contributed by atoms with van der Waals surface area (Å²) in [7, 11) is 1.79. The van der Waals surface area contributed by atoms with Gasteiger partial charge in [-0.25, -0.2) is 14.4 Å². The van der Waals surface area contributed by atoms with Gasteiger partial charge in [-0.15, -0.1) is 11.3 Å². The second-order valence-corrected chi connectivity index (χ2v) is 5.75. The molecule has 0 bridgehead atoms. The van der Waals surface area contributed by atoms with Gasteiger partial charge in [0.2, 0.25) is 5.95 Å². The highest BCUT2D eigenvalue weighted by Gasteiger charge is 2.09. The summed E-state index contributed by atoms with van der Waals surface area (Å²) < 4.78 is 12.9. The molecule has 2 aromatic heterocycles. The smallest absolute Gasteiger partial charge is 0.224 e. The molecular formula is C13H10FN3S2. The average molecular weight is 291 g/mol. The first-order valence-electron chi connectivity index (χ1n) is 5.62. The van der Waals surface area contributed by atoms with Gasteiger partial charge < -0.3 is 5.32 Å². The first-order valence-corrected chi connectivity index (χ1v) is 7.32. The Balaban J connectivity index is 2.03. The van der Waals surface area contributed by atoms with E-state index in [0.717, 1.165) is 20.1 Å². The number of hydrogen-bond donors (Lipinski definition) is 1. The zero-order valence-corrected chi connectivity index (χ0v) is 11.7. The van der Waals surface area contributed by atoms with Crippen LogP contribution in [0.25, 0.3) is 10.2 Å². The third kappa shape index (κ3) is 2.54. The molecule has 96 valence electrons. The first-order chi connectivity index (χ1) is 9.26. The van der Waals surface area contributed by atoms with Crippen LogP contribution in [0.2, 0.25) is 0 Å². The van der Waals surface area contributed by atoms with Crippen LogP contribution in [-0.4, -0.2) is 17.0 Å². The van der Waals surface area contributed by atoms with Crippen molar-refractivity contribution in [3.63, 3.8) is 0 Å². The topological polar surface area (TPSA) is 37.8 Å². The van der Waals surface area contributed by atoms with Gasteiger partial charge in [0, 0.05) is 17.3 Å². The van der Waals surface area contributed by atoms with Crippen molar-refractivity contribution in [2.24, 2.45) is 0 Å². The Morgan fingerprint density at radius 2 is 1.95 bits per heavy atom. The third-order valence-electron chi connectivity index (χ3n) is 2.54. The number of thiophene rings is 1. The van der Waals surface area contributed by atoms with Crippen molar-refractivity contribution in [2.75, 3.05) is 12.4 Å². The van der Waals surface area contributed by atoms with E-state index < -0.39 is 0 Å². The average Bonchev–Trinajstić information content (AvgIpc) is 2.89.